The lowest BCUT2D eigenvalue weighted by Crippen LogP contribution is -2.57. The SMILES string of the molecule is CC(=O)OCc1c(C)c2ccc3c(c2oc1=O)[C@@H](OC(=O)C12CCC(C)(C(=O)O1)C2(C)C)[C@@H](OC(=O)C12CCC(C)(C(=O)O1)C2(C)C)C(C)(C)O3. The van der Waals surface area contributed by atoms with Gasteiger partial charge in [0.05, 0.1) is 22.0 Å². The molecule has 2 aromatic rings. The number of hydrogen-bond donors (Lipinski definition) is 0. The highest BCUT2D eigenvalue weighted by molar-refractivity contribution is 5.95. The molecule has 7 rings (SSSR count). The maximum atomic E-state index is 14.6. The van der Waals surface area contributed by atoms with E-state index < -0.39 is 86.1 Å². The molecule has 4 fully saturated rings. The molecule has 13 heteroatoms. The second-order valence-corrected chi connectivity index (χ2v) is 16.8. The lowest BCUT2D eigenvalue weighted by molar-refractivity contribution is -0.217. The standard InChI is InChI=1S/C38H44O13/c1-18-20-11-12-22-23(24(20)46-27(40)21(18)17-45-19(2)39)25(47-30(43)37-15-13-35(9,28(41)50-37)33(37,5)6)26(32(3,4)49-22)48-31(44)38-16-14-36(10,29(42)51-38)34(38,7)8/h11-12,25-26H,13-17H2,1-10H3/t25-,26-,35?,36?,37?,38?/m1/s1. The number of hydrogen-bond acceptors (Lipinski definition) is 13. The predicted octanol–water partition coefficient (Wildman–Crippen LogP) is 5.08. The number of fused-ring (bicyclic) bond motifs is 7. The molecule has 0 radical (unpaired) electrons. The van der Waals surface area contributed by atoms with Crippen molar-refractivity contribution in [2.24, 2.45) is 21.7 Å². The lowest BCUT2D eigenvalue weighted by Gasteiger charge is -2.45. The van der Waals surface area contributed by atoms with Gasteiger partial charge in [-0.15, -0.1) is 0 Å². The van der Waals surface area contributed by atoms with Crippen molar-refractivity contribution >= 4 is 40.8 Å². The fourth-order valence-electron chi connectivity index (χ4n) is 9.16. The number of aryl methyl sites for hydroxylation is 1. The van der Waals surface area contributed by atoms with Crippen molar-refractivity contribution in [3.05, 3.63) is 39.2 Å². The maximum absolute atomic E-state index is 14.6. The third kappa shape index (κ3) is 4.14. The number of rotatable bonds is 6. The number of carbonyl (C=O) groups excluding carboxylic acids is 5. The molecule has 1 aromatic heterocycles. The number of benzene rings is 1. The van der Waals surface area contributed by atoms with E-state index in [1.165, 1.54) is 6.92 Å². The summed E-state index contributed by atoms with van der Waals surface area (Å²) in [5.41, 5.74) is -8.50. The summed E-state index contributed by atoms with van der Waals surface area (Å²) in [6, 6.07) is 3.31. The first-order valence-electron chi connectivity index (χ1n) is 17.3. The molecule has 0 spiro atoms. The molecule has 5 aliphatic rings. The van der Waals surface area contributed by atoms with Crippen molar-refractivity contribution < 1.29 is 56.8 Å². The van der Waals surface area contributed by atoms with Gasteiger partial charge in [0.25, 0.3) is 0 Å². The highest BCUT2D eigenvalue weighted by Crippen LogP contribution is 2.67. The van der Waals surface area contributed by atoms with E-state index in [-0.39, 0.29) is 41.9 Å². The van der Waals surface area contributed by atoms with E-state index >= 15 is 0 Å². The van der Waals surface area contributed by atoms with E-state index in [4.69, 9.17) is 32.8 Å². The van der Waals surface area contributed by atoms with Gasteiger partial charge in [0, 0.05) is 23.1 Å². The minimum Gasteiger partial charge on any atom is -0.483 e. The van der Waals surface area contributed by atoms with Crippen molar-refractivity contribution in [3.8, 4) is 5.75 Å². The molecule has 1 aromatic carbocycles. The van der Waals surface area contributed by atoms with Crippen LogP contribution in [0.5, 0.6) is 5.75 Å². The zero-order valence-corrected chi connectivity index (χ0v) is 30.7. The molecule has 4 unspecified atom stereocenters. The number of esters is 5. The van der Waals surface area contributed by atoms with E-state index in [0.29, 0.717) is 23.8 Å². The summed E-state index contributed by atoms with van der Waals surface area (Å²) >= 11 is 0. The van der Waals surface area contributed by atoms with Gasteiger partial charge in [-0.2, -0.15) is 0 Å². The molecule has 2 aliphatic carbocycles. The van der Waals surface area contributed by atoms with Gasteiger partial charge in [0.15, 0.2) is 12.2 Å². The van der Waals surface area contributed by atoms with Crippen LogP contribution in [-0.2, 0) is 54.3 Å². The zero-order valence-electron chi connectivity index (χ0n) is 30.7. The maximum Gasteiger partial charge on any atom is 0.351 e. The third-order valence-electron chi connectivity index (χ3n) is 13.8. The Hall–Kier alpha value is -4.42. The molecule has 2 saturated carbocycles. The average molecular weight is 709 g/mol. The highest BCUT2D eigenvalue weighted by Gasteiger charge is 2.78. The summed E-state index contributed by atoms with van der Waals surface area (Å²) in [4.78, 5) is 80.3. The summed E-state index contributed by atoms with van der Waals surface area (Å²) in [6.45, 7) is 16.6. The first kappa shape index (κ1) is 35.0. The third-order valence-corrected chi connectivity index (χ3v) is 13.8. The minimum absolute atomic E-state index is 0.00610. The average Bonchev–Trinajstić information content (AvgIpc) is 3.49. The van der Waals surface area contributed by atoms with E-state index in [0.717, 1.165) is 0 Å². The second kappa shape index (κ2) is 10.3. The minimum atomic E-state index is -1.65. The van der Waals surface area contributed by atoms with Crippen molar-refractivity contribution in [2.45, 2.75) is 131 Å². The van der Waals surface area contributed by atoms with Crippen LogP contribution in [0.1, 0.15) is 111 Å². The fourth-order valence-corrected chi connectivity index (χ4v) is 9.16. The Balaban J connectivity index is 1.38. The molecule has 2 saturated heterocycles. The smallest absolute Gasteiger partial charge is 0.351 e. The van der Waals surface area contributed by atoms with Gasteiger partial charge in [-0.05, 0) is 78.0 Å². The molecule has 4 bridgehead atoms. The molecule has 6 atom stereocenters. The van der Waals surface area contributed by atoms with E-state index in [9.17, 15) is 28.8 Å². The van der Waals surface area contributed by atoms with Crippen molar-refractivity contribution in [2.75, 3.05) is 0 Å². The van der Waals surface area contributed by atoms with E-state index in [1.807, 2.05) is 0 Å². The predicted molar refractivity (Wildman–Crippen MR) is 176 cm³/mol. The van der Waals surface area contributed by atoms with Crippen molar-refractivity contribution in [3.63, 3.8) is 0 Å². The second-order valence-electron chi connectivity index (χ2n) is 16.8. The topological polar surface area (TPSA) is 171 Å². The van der Waals surface area contributed by atoms with Crippen LogP contribution in [0.15, 0.2) is 21.3 Å². The van der Waals surface area contributed by atoms with Crippen LogP contribution in [0.3, 0.4) is 0 Å². The molecule has 3 aliphatic heterocycles. The molecular weight excluding hydrogens is 664 g/mol. The van der Waals surface area contributed by atoms with Crippen LogP contribution in [-0.4, -0.2) is 52.8 Å². The Kier molecular flexibility index (Phi) is 7.10. The normalized spacial score (nSPS) is 34.7. The van der Waals surface area contributed by atoms with Gasteiger partial charge in [0.1, 0.15) is 23.5 Å². The van der Waals surface area contributed by atoms with Crippen LogP contribution in [0.4, 0.5) is 0 Å². The van der Waals surface area contributed by atoms with Gasteiger partial charge in [0.2, 0.25) is 11.2 Å². The monoisotopic (exact) mass is 708 g/mol. The van der Waals surface area contributed by atoms with Crippen LogP contribution in [0.2, 0.25) is 0 Å². The molecular formula is C38H44O13. The van der Waals surface area contributed by atoms with Gasteiger partial charge in [-0.1, -0.05) is 27.7 Å². The Morgan fingerprint density at radius 3 is 1.76 bits per heavy atom. The Bertz CT molecular complexity index is 2020. The Labute approximate surface area is 294 Å². The van der Waals surface area contributed by atoms with Crippen LogP contribution in [0, 0.1) is 28.6 Å². The van der Waals surface area contributed by atoms with Crippen LogP contribution in [0.25, 0.3) is 11.0 Å². The van der Waals surface area contributed by atoms with Gasteiger partial charge >= 0.3 is 35.5 Å². The van der Waals surface area contributed by atoms with Crippen LogP contribution >= 0.6 is 0 Å². The van der Waals surface area contributed by atoms with E-state index in [1.54, 1.807) is 74.4 Å². The molecule has 51 heavy (non-hydrogen) atoms. The summed E-state index contributed by atoms with van der Waals surface area (Å²) in [5.74, 6) is -3.06. The number of ether oxygens (including phenoxy) is 6. The summed E-state index contributed by atoms with van der Waals surface area (Å²) in [6.07, 6.45) is -1.59. The quantitative estimate of drug-likeness (QED) is 0.221. The van der Waals surface area contributed by atoms with Crippen LogP contribution < -0.4 is 10.4 Å². The zero-order chi connectivity index (χ0) is 37.5. The summed E-state index contributed by atoms with van der Waals surface area (Å²) in [7, 11) is 0. The molecule has 13 nitrogen and oxygen atoms in total. The first-order valence-corrected chi connectivity index (χ1v) is 17.3. The van der Waals surface area contributed by atoms with Gasteiger partial charge in [-0.25, -0.2) is 14.4 Å². The molecule has 0 amide bonds. The van der Waals surface area contributed by atoms with Crippen molar-refractivity contribution in [1.82, 2.24) is 0 Å². The van der Waals surface area contributed by atoms with Crippen molar-refractivity contribution in [1.29, 1.82) is 0 Å². The summed E-state index contributed by atoms with van der Waals surface area (Å²) < 4.78 is 41.9. The first-order chi connectivity index (χ1) is 23.5. The lowest BCUT2D eigenvalue weighted by atomic mass is 9.66. The highest BCUT2D eigenvalue weighted by atomic mass is 16.7. The van der Waals surface area contributed by atoms with Gasteiger partial charge in [-0.3, -0.25) is 14.4 Å². The van der Waals surface area contributed by atoms with Gasteiger partial charge < -0.3 is 32.8 Å². The molecule has 0 N–H and O–H groups in total. The molecule has 274 valence electrons. The Morgan fingerprint density at radius 1 is 0.765 bits per heavy atom. The summed E-state index contributed by atoms with van der Waals surface area (Å²) in [5, 5.41) is 0.431. The number of carbonyl (C=O) groups is 5. The fraction of sp³-hybridized carbons (Fsp3) is 0.632. The Morgan fingerprint density at radius 2 is 1.29 bits per heavy atom. The van der Waals surface area contributed by atoms with E-state index in [2.05, 4.69) is 0 Å². The molecule has 4 heterocycles. The largest absolute Gasteiger partial charge is 0.483 e.